The molecule has 0 fully saturated rings. The number of carbonyl (C=O) groups excluding carboxylic acids is 2. The first-order chi connectivity index (χ1) is 20.7. The molecule has 0 aliphatic rings. The van der Waals surface area contributed by atoms with Crippen LogP contribution in [0.2, 0.25) is 0 Å². The van der Waals surface area contributed by atoms with Crippen molar-refractivity contribution in [3.05, 3.63) is 154 Å². The number of rotatable bonds is 10. The topological polar surface area (TPSA) is 52.6 Å². The van der Waals surface area contributed by atoms with Crippen molar-refractivity contribution in [1.29, 1.82) is 0 Å². The van der Waals surface area contributed by atoms with Gasteiger partial charge in [-0.2, -0.15) is 0 Å². The second kappa shape index (κ2) is 14.4. The van der Waals surface area contributed by atoms with Gasteiger partial charge in [0, 0.05) is 16.7 Å². The molecule has 4 aromatic carbocycles. The van der Waals surface area contributed by atoms with Crippen LogP contribution in [0.1, 0.15) is 47.2 Å². The number of halogens is 1. The molecule has 0 amide bonds. The Hall–Kier alpha value is -5.55. The van der Waals surface area contributed by atoms with Gasteiger partial charge in [-0.25, -0.2) is 14.0 Å². The smallest absolute Gasteiger partial charge is 0.338 e. The Morgan fingerprint density at radius 1 is 0.535 bits per heavy atom. The van der Waals surface area contributed by atoms with Crippen molar-refractivity contribution in [2.45, 2.75) is 13.8 Å². The van der Waals surface area contributed by atoms with Crippen molar-refractivity contribution in [2.24, 2.45) is 0 Å². The highest BCUT2D eigenvalue weighted by atomic mass is 19.1. The van der Waals surface area contributed by atoms with Gasteiger partial charge >= 0.3 is 11.9 Å². The molecule has 0 bridgehead atoms. The summed E-state index contributed by atoms with van der Waals surface area (Å²) in [6, 6.07) is 27.2. The van der Waals surface area contributed by atoms with Gasteiger partial charge in [0.15, 0.2) is 0 Å². The van der Waals surface area contributed by atoms with Gasteiger partial charge in [0.1, 0.15) is 17.3 Å². The van der Waals surface area contributed by atoms with Crippen LogP contribution in [-0.2, 0) is 9.59 Å². The van der Waals surface area contributed by atoms with Gasteiger partial charge in [0.05, 0.1) is 0 Å². The molecule has 0 aromatic heterocycles. The van der Waals surface area contributed by atoms with E-state index >= 15 is 0 Å². The minimum atomic E-state index is -0.469. The van der Waals surface area contributed by atoms with Crippen LogP contribution < -0.4 is 9.47 Å². The van der Waals surface area contributed by atoms with E-state index in [1.54, 1.807) is 50.3 Å². The van der Waals surface area contributed by atoms with E-state index in [4.69, 9.17) is 9.47 Å². The van der Waals surface area contributed by atoms with Gasteiger partial charge in [-0.1, -0.05) is 110 Å². The number of carbonyl (C=O) groups is 2. The summed E-state index contributed by atoms with van der Waals surface area (Å²) in [5.41, 5.74) is 5.71. The number of hydrogen-bond acceptors (Lipinski definition) is 4. The van der Waals surface area contributed by atoms with Crippen LogP contribution in [0.25, 0.3) is 36.5 Å². The molecular formula is C38H31FO4. The van der Waals surface area contributed by atoms with Gasteiger partial charge in [-0.15, -0.1) is 0 Å². The third-order valence-electron chi connectivity index (χ3n) is 6.23. The zero-order valence-electron chi connectivity index (χ0n) is 24.0. The Balaban J connectivity index is 1.32. The van der Waals surface area contributed by atoms with Gasteiger partial charge in [0.25, 0.3) is 0 Å². The second-order valence-corrected chi connectivity index (χ2v) is 9.93. The molecule has 5 heteroatoms. The minimum Gasteiger partial charge on any atom is -0.423 e. The maximum absolute atomic E-state index is 14.8. The van der Waals surface area contributed by atoms with E-state index in [0.717, 1.165) is 27.8 Å². The predicted molar refractivity (Wildman–Crippen MR) is 173 cm³/mol. The fourth-order valence-electron chi connectivity index (χ4n) is 3.75. The number of ether oxygens (including phenoxy) is 2. The summed E-state index contributed by atoms with van der Waals surface area (Å²) in [5.74, 6) is -0.332. The summed E-state index contributed by atoms with van der Waals surface area (Å²) in [6.45, 7) is 10.3. The molecule has 4 rings (SSSR count). The first-order valence-electron chi connectivity index (χ1n) is 13.6. The van der Waals surface area contributed by atoms with Gasteiger partial charge in [-0.3, -0.25) is 0 Å². The molecule has 43 heavy (non-hydrogen) atoms. The minimum absolute atomic E-state index is 0.319. The van der Waals surface area contributed by atoms with E-state index < -0.39 is 11.9 Å². The average Bonchev–Trinajstić information content (AvgIpc) is 3.00. The predicted octanol–water partition coefficient (Wildman–Crippen LogP) is 9.30. The van der Waals surface area contributed by atoms with Crippen molar-refractivity contribution in [3.63, 3.8) is 0 Å². The molecule has 4 nitrogen and oxygen atoms in total. The molecule has 0 atom stereocenters. The SMILES string of the molecule is C=C(C)C(=O)Oc1ccc(C=Cc2ccc(C=Cc3ccc(C=Cc4ccc(OC(=O)C(=C)C)cc4)cc3F)cc2)cc1. The van der Waals surface area contributed by atoms with Crippen LogP contribution in [0.15, 0.2) is 115 Å². The lowest BCUT2D eigenvalue weighted by atomic mass is 10.1. The highest BCUT2D eigenvalue weighted by Crippen LogP contribution is 2.20. The highest BCUT2D eigenvalue weighted by Gasteiger charge is 2.06. The molecule has 4 aromatic rings. The summed E-state index contributed by atoms with van der Waals surface area (Å²) in [6.07, 6.45) is 11.3. The molecule has 0 radical (unpaired) electrons. The average molecular weight is 571 g/mol. The molecule has 214 valence electrons. The van der Waals surface area contributed by atoms with Crippen LogP contribution in [-0.4, -0.2) is 11.9 Å². The molecule has 0 saturated carbocycles. The summed E-state index contributed by atoms with van der Waals surface area (Å²) < 4.78 is 25.2. The largest absolute Gasteiger partial charge is 0.423 e. The summed E-state index contributed by atoms with van der Waals surface area (Å²) in [4.78, 5) is 23.3. The normalized spacial score (nSPS) is 11.2. The van der Waals surface area contributed by atoms with E-state index in [-0.39, 0.29) is 5.82 Å². The number of benzene rings is 4. The van der Waals surface area contributed by atoms with E-state index in [1.807, 2.05) is 85.0 Å². The standard InChI is InChI=1S/C38H31FO4/c1-26(2)37(40)42-34-21-15-30(16-22-34)10-7-28-5-8-29(9-6-28)13-19-33-20-14-32(25-36(33)39)12-11-31-17-23-35(24-18-31)43-38(41)27(3)4/h5-25H,1,3H2,2,4H3. The van der Waals surface area contributed by atoms with Crippen LogP contribution >= 0.6 is 0 Å². The molecule has 0 saturated heterocycles. The zero-order chi connectivity index (χ0) is 30.8. The lowest BCUT2D eigenvalue weighted by Gasteiger charge is -2.04. The molecule has 0 N–H and O–H groups in total. The quantitative estimate of drug-likeness (QED) is 0.0825. The van der Waals surface area contributed by atoms with Crippen LogP contribution in [0.5, 0.6) is 11.5 Å². The van der Waals surface area contributed by atoms with E-state index in [0.29, 0.717) is 28.2 Å². The number of hydrogen-bond donors (Lipinski definition) is 0. The Bertz CT molecular complexity index is 1720. The van der Waals surface area contributed by atoms with Crippen molar-refractivity contribution < 1.29 is 23.5 Å². The Morgan fingerprint density at radius 2 is 0.860 bits per heavy atom. The van der Waals surface area contributed by atoms with Crippen molar-refractivity contribution in [2.75, 3.05) is 0 Å². The fourth-order valence-corrected chi connectivity index (χ4v) is 3.75. The monoisotopic (exact) mass is 570 g/mol. The first kappa shape index (κ1) is 30.4. The highest BCUT2D eigenvalue weighted by molar-refractivity contribution is 5.89. The summed E-state index contributed by atoms with van der Waals surface area (Å²) >= 11 is 0. The van der Waals surface area contributed by atoms with Gasteiger partial charge in [0.2, 0.25) is 0 Å². The Morgan fingerprint density at radius 3 is 1.23 bits per heavy atom. The number of esters is 2. The van der Waals surface area contributed by atoms with Crippen LogP contribution in [0.3, 0.4) is 0 Å². The Kier molecular flexibility index (Phi) is 10.2. The first-order valence-corrected chi connectivity index (χ1v) is 13.6. The zero-order valence-corrected chi connectivity index (χ0v) is 24.0. The second-order valence-electron chi connectivity index (χ2n) is 9.93. The summed E-state index contributed by atoms with van der Waals surface area (Å²) in [7, 11) is 0. The van der Waals surface area contributed by atoms with E-state index in [9.17, 15) is 14.0 Å². The molecule has 0 aliphatic heterocycles. The van der Waals surface area contributed by atoms with Gasteiger partial charge < -0.3 is 9.47 Å². The molecule has 0 unspecified atom stereocenters. The van der Waals surface area contributed by atoms with Crippen molar-refractivity contribution >= 4 is 48.4 Å². The Labute approximate surface area is 251 Å². The molecule has 0 aliphatic carbocycles. The summed E-state index contributed by atoms with van der Waals surface area (Å²) in [5, 5.41) is 0. The third-order valence-corrected chi connectivity index (χ3v) is 6.23. The lowest BCUT2D eigenvalue weighted by Crippen LogP contribution is -2.07. The van der Waals surface area contributed by atoms with Crippen LogP contribution in [0, 0.1) is 5.82 Å². The third kappa shape index (κ3) is 9.23. The van der Waals surface area contributed by atoms with Crippen molar-refractivity contribution in [1.82, 2.24) is 0 Å². The maximum atomic E-state index is 14.8. The molecular weight excluding hydrogens is 539 g/mol. The van der Waals surface area contributed by atoms with Gasteiger partial charge in [-0.05, 0) is 72.0 Å². The van der Waals surface area contributed by atoms with Crippen LogP contribution in [0.4, 0.5) is 4.39 Å². The van der Waals surface area contributed by atoms with E-state index in [2.05, 4.69) is 13.2 Å². The lowest BCUT2D eigenvalue weighted by molar-refractivity contribution is -0.130. The molecule has 0 spiro atoms. The molecule has 0 heterocycles. The maximum Gasteiger partial charge on any atom is 0.338 e. The van der Waals surface area contributed by atoms with Crippen molar-refractivity contribution in [3.8, 4) is 11.5 Å². The fraction of sp³-hybridized carbons (Fsp3) is 0.0526. The van der Waals surface area contributed by atoms with E-state index in [1.165, 1.54) is 6.07 Å².